The van der Waals surface area contributed by atoms with E-state index in [1.165, 1.54) is 0 Å². The minimum Gasteiger partial charge on any atom is -0.481 e. The van der Waals surface area contributed by atoms with Crippen LogP contribution in [0.15, 0.2) is 0 Å². The Morgan fingerprint density at radius 3 is 0.562 bits per heavy atom. The molecule has 0 radical (unpaired) electrons. The van der Waals surface area contributed by atoms with Crippen molar-refractivity contribution in [3.63, 3.8) is 0 Å². The van der Waals surface area contributed by atoms with Gasteiger partial charge in [0.15, 0.2) is 0 Å². The molecule has 0 unspecified atom stereocenters. The first-order valence-corrected chi connectivity index (χ1v) is 10.3. The van der Waals surface area contributed by atoms with Crippen LogP contribution < -0.4 is 0 Å². The van der Waals surface area contributed by atoms with E-state index in [2.05, 4.69) is 50.5 Å². The summed E-state index contributed by atoms with van der Waals surface area (Å²) >= 11 is 13.7. The maximum Gasteiger partial charge on any atom is 0.313 e. The average Bonchev–Trinajstić information content (AvgIpc) is 2.79. The lowest BCUT2D eigenvalue weighted by atomic mass is 10.4. The Balaban J connectivity index is -0.0000000635. The van der Waals surface area contributed by atoms with Crippen LogP contribution in [0.2, 0.25) is 0 Å². The number of aliphatic hydroxyl groups excluding tert-OH is 6. The molecule has 14 nitrogen and oxygen atoms in total. The first-order chi connectivity index (χ1) is 14.7. The molecule has 0 heterocycles. The van der Waals surface area contributed by atoms with Crippen LogP contribution in [0.4, 0.5) is 0 Å². The zero-order valence-corrected chi connectivity index (χ0v) is 20.3. The van der Waals surface area contributed by atoms with Gasteiger partial charge >= 0.3 is 23.9 Å². The van der Waals surface area contributed by atoms with E-state index in [0.29, 0.717) is 0 Å². The summed E-state index contributed by atoms with van der Waals surface area (Å²) in [4.78, 5) is 37.2. The van der Waals surface area contributed by atoms with Crippen molar-refractivity contribution in [3.05, 3.63) is 0 Å². The smallest absolute Gasteiger partial charge is 0.313 e. The number of hydrogen-bond donors (Lipinski definition) is 14. The highest BCUT2D eigenvalue weighted by Gasteiger charge is 1.94. The quantitative estimate of drug-likeness (QED) is 0.131. The van der Waals surface area contributed by atoms with Crippen molar-refractivity contribution >= 4 is 74.4 Å². The maximum absolute atomic E-state index is 9.29. The monoisotopic (exact) mass is 552 g/mol. The fourth-order valence-corrected chi connectivity index (χ4v) is 0.115. The summed E-state index contributed by atoms with van der Waals surface area (Å²) in [7, 11) is 0. The zero-order valence-electron chi connectivity index (χ0n) is 16.7. The Morgan fingerprint density at radius 1 is 0.469 bits per heavy atom. The molecular weight excluding hydrogens is 520 g/mol. The minimum atomic E-state index is -0.954. The molecular formula is C14H32O14S4. The fraction of sp³-hybridized carbons (Fsp3) is 0.714. The topological polar surface area (TPSA) is 271 Å². The van der Waals surface area contributed by atoms with Crippen LogP contribution in [-0.4, -0.2) is 137 Å². The third-order valence-corrected chi connectivity index (χ3v) is 2.47. The van der Waals surface area contributed by atoms with Crippen LogP contribution in [-0.2, 0) is 19.2 Å². The first-order valence-electron chi connectivity index (χ1n) is 7.80. The summed E-state index contributed by atoms with van der Waals surface area (Å²) in [5.41, 5.74) is 0. The van der Waals surface area contributed by atoms with Crippen LogP contribution >= 0.6 is 50.5 Å². The molecule has 0 aliphatic carbocycles. The summed E-state index contributed by atoms with van der Waals surface area (Å²) in [5.74, 6) is -3.86. The second-order valence-electron chi connectivity index (χ2n) is 4.25. The number of hydrogen-bond acceptors (Lipinski definition) is 14. The lowest BCUT2D eigenvalue weighted by Gasteiger charge is -1.96. The molecule has 196 valence electrons. The highest BCUT2D eigenvalue weighted by Crippen LogP contribution is 1.72. The second kappa shape index (κ2) is 40.4. The van der Waals surface area contributed by atoms with E-state index in [0.717, 1.165) is 0 Å². The molecule has 0 aliphatic heterocycles. The third-order valence-electron chi connectivity index (χ3n) is 1.38. The van der Waals surface area contributed by atoms with E-state index < -0.39 is 36.1 Å². The van der Waals surface area contributed by atoms with Crippen LogP contribution in [0.3, 0.4) is 0 Å². The maximum atomic E-state index is 9.29. The number of rotatable bonds is 8. The van der Waals surface area contributed by atoms with Gasteiger partial charge in [-0.3, -0.25) is 19.2 Å². The zero-order chi connectivity index (χ0) is 27.1. The van der Waals surface area contributed by atoms with Gasteiger partial charge in [0.1, 0.15) is 12.2 Å². The van der Waals surface area contributed by atoms with Gasteiger partial charge in [-0.05, 0) is 0 Å². The average molecular weight is 553 g/mol. The van der Waals surface area contributed by atoms with Gasteiger partial charge in [-0.2, -0.15) is 50.5 Å². The van der Waals surface area contributed by atoms with Gasteiger partial charge in [0.05, 0.1) is 49.4 Å². The molecule has 18 heteroatoms. The summed E-state index contributed by atoms with van der Waals surface area (Å²) in [6, 6.07) is 0. The molecule has 32 heavy (non-hydrogen) atoms. The van der Waals surface area contributed by atoms with E-state index in [1.54, 1.807) is 0 Å². The van der Waals surface area contributed by atoms with Gasteiger partial charge in [-0.15, -0.1) is 0 Å². The predicted molar refractivity (Wildman–Crippen MR) is 126 cm³/mol. The number of carboxylic acid groups (broad SMARTS) is 4. The Hall–Kier alpha value is -0.960. The SMILES string of the molecule is O=C(O)CS.O=C(O)CS.O=C(O)CS.O=C(O)CS.OCC(O)CO.OCC(O)CO. The minimum absolute atomic E-state index is 0.0833. The van der Waals surface area contributed by atoms with Gasteiger partial charge in [-0.25, -0.2) is 0 Å². The van der Waals surface area contributed by atoms with Crippen molar-refractivity contribution in [2.24, 2.45) is 0 Å². The number of aliphatic hydroxyl groups is 6. The third kappa shape index (κ3) is 101. The molecule has 0 aromatic rings. The summed E-state index contributed by atoms with van der Waals surface area (Å²) < 4.78 is 0. The molecule has 0 saturated carbocycles. The van der Waals surface area contributed by atoms with Crippen LogP contribution in [0.25, 0.3) is 0 Å². The molecule has 0 aromatic carbocycles. The number of carbonyl (C=O) groups is 4. The molecule has 0 aromatic heterocycles. The molecule has 0 rings (SSSR count). The first kappa shape index (κ1) is 44.7. The molecule has 0 atom stereocenters. The molecule has 10 N–H and O–H groups in total. The molecule has 0 saturated heterocycles. The van der Waals surface area contributed by atoms with E-state index in [1.807, 2.05) is 0 Å². The molecule has 0 aliphatic rings. The van der Waals surface area contributed by atoms with Crippen molar-refractivity contribution in [3.8, 4) is 0 Å². The van der Waals surface area contributed by atoms with Crippen molar-refractivity contribution in [2.45, 2.75) is 12.2 Å². The Labute approximate surface area is 206 Å². The second-order valence-corrected chi connectivity index (χ2v) is 5.51. The predicted octanol–water partition coefficient (Wildman–Crippen LogP) is -3.33. The van der Waals surface area contributed by atoms with Gasteiger partial charge in [0, 0.05) is 0 Å². The van der Waals surface area contributed by atoms with Gasteiger partial charge in [0.25, 0.3) is 0 Å². The van der Waals surface area contributed by atoms with E-state index >= 15 is 0 Å². The molecule has 0 fully saturated rings. The van der Waals surface area contributed by atoms with Crippen molar-refractivity contribution in [1.82, 2.24) is 0 Å². The van der Waals surface area contributed by atoms with Crippen LogP contribution in [0.1, 0.15) is 0 Å². The van der Waals surface area contributed by atoms with Gasteiger partial charge in [-0.1, -0.05) is 0 Å². The molecule has 0 bridgehead atoms. The van der Waals surface area contributed by atoms with Crippen molar-refractivity contribution in [2.75, 3.05) is 49.4 Å². The van der Waals surface area contributed by atoms with Gasteiger partial charge in [0.2, 0.25) is 0 Å². The lowest BCUT2D eigenvalue weighted by Crippen LogP contribution is -2.15. The van der Waals surface area contributed by atoms with Crippen molar-refractivity contribution < 1.29 is 70.2 Å². The van der Waals surface area contributed by atoms with E-state index in [9.17, 15) is 19.2 Å². The molecule has 0 spiro atoms. The number of aliphatic carboxylic acids is 4. The lowest BCUT2D eigenvalue weighted by molar-refractivity contribution is -0.134. The highest BCUT2D eigenvalue weighted by atomic mass is 32.1. The van der Waals surface area contributed by atoms with Crippen molar-refractivity contribution in [1.29, 1.82) is 0 Å². The van der Waals surface area contributed by atoms with Gasteiger partial charge < -0.3 is 51.1 Å². The van der Waals surface area contributed by atoms with E-state index in [4.69, 9.17) is 51.1 Å². The summed E-state index contributed by atoms with van der Waals surface area (Å²) in [6.45, 7) is -1.46. The largest absolute Gasteiger partial charge is 0.481 e. The molecule has 0 amide bonds. The van der Waals surface area contributed by atoms with Crippen LogP contribution in [0, 0.1) is 0 Å². The number of thiol groups is 4. The Morgan fingerprint density at radius 2 is 0.562 bits per heavy atom. The highest BCUT2D eigenvalue weighted by molar-refractivity contribution is 7.81. The Bertz CT molecular complexity index is 354. The standard InChI is InChI=1S/2C3H8O3.4C2H4O2S/c2*4-1-3(6)2-5;4*3-2(4)1-5/h2*3-6H,1-2H2;4*5H,1H2,(H,3,4). The normalized spacial score (nSPS) is 8.38. The fourth-order valence-electron chi connectivity index (χ4n) is 0.115. The Kier molecular flexibility index (Phi) is 56.4. The van der Waals surface area contributed by atoms with Crippen LogP contribution in [0.5, 0.6) is 0 Å². The van der Waals surface area contributed by atoms with E-state index in [-0.39, 0.29) is 49.4 Å². The number of carboxylic acids is 4. The summed E-state index contributed by atoms with van der Waals surface area (Å²) in [5, 5.41) is 78.6. The summed E-state index contributed by atoms with van der Waals surface area (Å²) in [6.07, 6.45) is -1.91.